The minimum atomic E-state index is -1.28. The highest BCUT2D eigenvalue weighted by molar-refractivity contribution is 5.98. The van der Waals surface area contributed by atoms with Crippen molar-refractivity contribution < 1.29 is 52.8 Å². The van der Waals surface area contributed by atoms with Crippen molar-refractivity contribution in [3.8, 4) is 0 Å². The monoisotopic (exact) mass is 1190 g/mol. The number of pyridine rings is 4. The quantitative estimate of drug-likeness (QED) is 0.0729. The van der Waals surface area contributed by atoms with E-state index in [4.69, 9.17) is 19.2 Å². The van der Waals surface area contributed by atoms with E-state index in [0.29, 0.717) is 37.9 Å². The number of hydrogen-bond acceptors (Lipinski definition) is 15. The molecule has 1 aromatic carbocycles. The van der Waals surface area contributed by atoms with E-state index in [1.54, 1.807) is 24.3 Å². The van der Waals surface area contributed by atoms with Crippen LogP contribution in [0.4, 0.5) is 0 Å². The molecule has 0 fully saturated rings. The van der Waals surface area contributed by atoms with Gasteiger partial charge in [-0.2, -0.15) is 0 Å². The first-order valence-electron chi connectivity index (χ1n) is 29.0. The van der Waals surface area contributed by atoms with Crippen LogP contribution in [0.1, 0.15) is 147 Å². The molecule has 1 unspecified atom stereocenters. The fourth-order valence-electron chi connectivity index (χ4n) is 9.02. The van der Waals surface area contributed by atoms with Crippen molar-refractivity contribution in [3.05, 3.63) is 172 Å². The molecular formula is C60H77N11O15. The summed E-state index contributed by atoms with van der Waals surface area (Å²) < 4.78 is 9.11. The van der Waals surface area contributed by atoms with E-state index in [1.807, 2.05) is 26.8 Å². The Hall–Kier alpha value is -9.33. The molecule has 3 aliphatic rings. The summed E-state index contributed by atoms with van der Waals surface area (Å²) in [5.41, 5.74) is -3.79. The summed E-state index contributed by atoms with van der Waals surface area (Å²) in [4.78, 5) is 174. The van der Waals surface area contributed by atoms with Crippen LogP contribution in [0.2, 0.25) is 0 Å². The Morgan fingerprint density at radius 2 is 1.07 bits per heavy atom. The minimum absolute atomic E-state index is 0.00542. The topological polar surface area (TPSA) is 311 Å². The lowest BCUT2D eigenvalue weighted by molar-refractivity contribution is -0.126. The third kappa shape index (κ3) is 18.1. The highest BCUT2D eigenvalue weighted by atomic mass is 16.7. The molecule has 1 atom stereocenters. The lowest BCUT2D eigenvalue weighted by atomic mass is 10.1. The van der Waals surface area contributed by atoms with Crippen LogP contribution in [-0.2, 0) is 23.2 Å². The van der Waals surface area contributed by atoms with Gasteiger partial charge in [-0.05, 0) is 86.9 Å². The molecule has 86 heavy (non-hydrogen) atoms. The predicted octanol–water partition coefficient (Wildman–Crippen LogP) is 1.35. The fourth-order valence-corrected chi connectivity index (χ4v) is 9.02. The Balaban J connectivity index is 1.40. The van der Waals surface area contributed by atoms with Gasteiger partial charge in [-0.1, -0.05) is 76.1 Å². The molecular weight excluding hydrogens is 1110 g/mol. The third-order valence-corrected chi connectivity index (χ3v) is 13.7. The number of fused-ring (bicyclic) bond motifs is 2. The molecule has 5 N–H and O–H groups in total. The van der Waals surface area contributed by atoms with Gasteiger partial charge in [-0.3, -0.25) is 52.7 Å². The number of hydrogen-bond donors (Lipinski definition) is 5. The Morgan fingerprint density at radius 3 is 1.65 bits per heavy atom. The maximum Gasteiger partial charge on any atom is 0.296 e. The van der Waals surface area contributed by atoms with Crippen molar-refractivity contribution in [2.24, 2.45) is 7.05 Å². The first-order chi connectivity index (χ1) is 41.6. The van der Waals surface area contributed by atoms with E-state index in [1.165, 1.54) is 71.4 Å². The van der Waals surface area contributed by atoms with Crippen LogP contribution in [0.3, 0.4) is 0 Å². The van der Waals surface area contributed by atoms with Crippen molar-refractivity contribution >= 4 is 41.4 Å². The summed E-state index contributed by atoms with van der Waals surface area (Å²) in [6.07, 6.45) is 3.09. The Labute approximate surface area is 496 Å². The molecule has 8 rings (SSSR count). The van der Waals surface area contributed by atoms with E-state index >= 15 is 0 Å². The number of carbonyl (C=O) groups excluding carboxylic acids is 7. The summed E-state index contributed by atoms with van der Waals surface area (Å²) in [5, 5.41) is 13.5. The van der Waals surface area contributed by atoms with Crippen LogP contribution in [0.5, 0.6) is 0 Å². The number of ether oxygens (including phenoxy) is 1. The number of rotatable bonds is 19. The number of nitrogens with one attached hydrogen (secondary N) is 5. The van der Waals surface area contributed by atoms with Crippen LogP contribution < -0.4 is 63.3 Å². The van der Waals surface area contributed by atoms with E-state index in [2.05, 4.69) is 26.6 Å². The maximum atomic E-state index is 14.9. The van der Waals surface area contributed by atoms with Crippen molar-refractivity contribution in [2.45, 2.75) is 91.2 Å². The average molecular weight is 1190 g/mol. The molecule has 0 aliphatic carbocycles. The third-order valence-electron chi connectivity index (χ3n) is 13.7. The van der Waals surface area contributed by atoms with Gasteiger partial charge in [0.15, 0.2) is 0 Å². The van der Waals surface area contributed by atoms with Gasteiger partial charge < -0.3 is 60.2 Å². The maximum absolute atomic E-state index is 14.9. The van der Waals surface area contributed by atoms with Crippen molar-refractivity contribution in [3.63, 3.8) is 0 Å². The smallest absolute Gasteiger partial charge is 0.296 e. The lowest BCUT2D eigenvalue weighted by Crippen LogP contribution is -2.52. The number of unbranched alkanes of at least 4 members (excludes halogenated alkanes) is 2. The second-order valence-electron chi connectivity index (χ2n) is 20.0. The number of carbonyl (C=O) groups is 7. The number of nitrogens with zero attached hydrogens (tertiary/aromatic N) is 6. The number of amides is 7. The normalized spacial score (nSPS) is 15.2. The summed E-state index contributed by atoms with van der Waals surface area (Å²) in [5.74, 6) is -5.20. The molecule has 3 aliphatic heterocycles. The molecule has 462 valence electrons. The SMILES string of the molecule is CCCCOn1c2ccc(c1=O)C(=O)NCCCN(C(=O)c1cccc(=O)n1OCc1ccccc1)CCCC(C(=O)NCCOCCC)N(C(=O)c1cccc(=O)n1C)CCCNC(=O)c1ccc(n(OCCCC)c1=O)C(=O)NCCNC2=O. The molecule has 7 amide bonds. The first kappa shape index (κ1) is 65.8. The zero-order valence-corrected chi connectivity index (χ0v) is 49.1. The summed E-state index contributed by atoms with van der Waals surface area (Å²) in [6, 6.07) is 20.7. The second-order valence-corrected chi connectivity index (χ2v) is 20.0. The van der Waals surface area contributed by atoms with Gasteiger partial charge in [0.2, 0.25) is 5.91 Å². The summed E-state index contributed by atoms with van der Waals surface area (Å²) in [7, 11) is 1.41. The molecule has 0 saturated carbocycles. The van der Waals surface area contributed by atoms with Crippen molar-refractivity contribution in [1.29, 1.82) is 0 Å². The molecule has 7 heterocycles. The first-order valence-corrected chi connectivity index (χ1v) is 29.0. The minimum Gasteiger partial charge on any atom is -0.410 e. The van der Waals surface area contributed by atoms with Gasteiger partial charge in [-0.25, -0.2) is 0 Å². The standard InChI is InChI=1S/C60H77N11O15/c1-5-8-38-84-70-46-27-25-43(57(70)79)52(74)61-29-16-35-67(59(81)49-21-14-24-51(73)69(49)86-41-42-18-11-10-12-19-42)34-15-22-45(54(76)65-33-40-83-37-7-3)68(60(82)48-20-13-23-50(72)66(48)4)36-17-30-62-53(75)44-26-28-47(56(78)64-32-31-63-55(46)77)71(58(44)80)85-39-9-6-2/h10-14,18-21,23-28,45H,5-9,15-17,22,29-41H2,1-4H3,(H,61,74)(H,62,75)(H,63,77)(H,64,78)(H,65,76). The molecule has 26 nitrogen and oxygen atoms in total. The molecule has 0 saturated heterocycles. The predicted molar refractivity (Wildman–Crippen MR) is 316 cm³/mol. The van der Waals surface area contributed by atoms with E-state index < -0.39 is 69.6 Å². The van der Waals surface area contributed by atoms with Gasteiger partial charge >= 0.3 is 0 Å². The van der Waals surface area contributed by atoms with Gasteiger partial charge in [0.05, 0.1) is 6.61 Å². The highest BCUT2D eigenvalue weighted by Crippen LogP contribution is 2.17. The van der Waals surface area contributed by atoms with Crippen LogP contribution >= 0.6 is 0 Å². The molecule has 26 heteroatoms. The highest BCUT2D eigenvalue weighted by Gasteiger charge is 2.33. The largest absolute Gasteiger partial charge is 0.410 e. The van der Waals surface area contributed by atoms with Crippen LogP contribution in [0.15, 0.2) is 110 Å². The Kier molecular flexibility index (Phi) is 25.9. The second kappa shape index (κ2) is 33.8. The van der Waals surface area contributed by atoms with E-state index in [9.17, 15) is 52.7 Å². The number of aromatic nitrogens is 4. The van der Waals surface area contributed by atoms with Gasteiger partial charge in [0.1, 0.15) is 59.8 Å². The van der Waals surface area contributed by atoms with Crippen LogP contribution in [0, 0.1) is 0 Å². The van der Waals surface area contributed by atoms with Gasteiger partial charge in [0.25, 0.3) is 57.7 Å². The Morgan fingerprint density at radius 1 is 0.523 bits per heavy atom. The molecule has 0 spiro atoms. The van der Waals surface area contributed by atoms with Crippen molar-refractivity contribution in [2.75, 3.05) is 78.8 Å². The summed E-state index contributed by atoms with van der Waals surface area (Å²) in [6.45, 7) is 5.35. The van der Waals surface area contributed by atoms with Crippen molar-refractivity contribution in [1.82, 2.24) is 55.1 Å². The van der Waals surface area contributed by atoms with E-state index in [0.717, 1.165) is 31.2 Å². The van der Waals surface area contributed by atoms with Crippen LogP contribution in [0.25, 0.3) is 0 Å². The van der Waals surface area contributed by atoms with E-state index in [-0.39, 0.29) is 138 Å². The molecule has 4 aromatic heterocycles. The summed E-state index contributed by atoms with van der Waals surface area (Å²) >= 11 is 0. The zero-order valence-electron chi connectivity index (χ0n) is 49.1. The van der Waals surface area contributed by atoms with Gasteiger partial charge in [-0.15, -0.1) is 14.2 Å². The number of benzene rings is 1. The molecule has 4 bridgehead atoms. The molecule has 5 aromatic rings. The van der Waals surface area contributed by atoms with Crippen LogP contribution in [-0.4, -0.2) is 155 Å². The zero-order chi connectivity index (χ0) is 62.0. The molecule has 0 radical (unpaired) electrons. The Bertz CT molecular complexity index is 3400. The lowest BCUT2D eigenvalue weighted by Gasteiger charge is -2.32. The fraction of sp³-hybridized carbons (Fsp3) is 0.450. The van der Waals surface area contributed by atoms with Gasteiger partial charge in [0, 0.05) is 78.1 Å². The average Bonchev–Trinajstić information content (AvgIpc) is 1.54.